The normalized spacial score (nSPS) is 23.2. The lowest BCUT2D eigenvalue weighted by atomic mass is 9.89. The molecule has 18 heavy (non-hydrogen) atoms. The second kappa shape index (κ2) is 4.87. The Morgan fingerprint density at radius 2 is 2.39 bits per heavy atom. The van der Waals surface area contributed by atoms with Crippen LogP contribution in [0, 0.1) is 8.99 Å². The maximum atomic E-state index is 11.8. The maximum Gasteiger partial charge on any atom is 0.266 e. The highest BCUT2D eigenvalue weighted by molar-refractivity contribution is 14.1. The van der Waals surface area contributed by atoms with E-state index in [4.69, 9.17) is 0 Å². The van der Waals surface area contributed by atoms with Gasteiger partial charge in [-0.25, -0.2) is 4.98 Å². The van der Waals surface area contributed by atoms with E-state index in [9.17, 15) is 9.59 Å². The number of hydrogen-bond donors (Lipinski definition) is 2. The molecule has 98 valence electrons. The van der Waals surface area contributed by atoms with E-state index in [0.29, 0.717) is 15.9 Å². The van der Waals surface area contributed by atoms with Crippen molar-refractivity contribution in [2.75, 3.05) is 25.0 Å². The van der Waals surface area contributed by atoms with Gasteiger partial charge in [0, 0.05) is 20.1 Å². The summed E-state index contributed by atoms with van der Waals surface area (Å²) >= 11 is 1.98. The van der Waals surface area contributed by atoms with Gasteiger partial charge >= 0.3 is 0 Å². The van der Waals surface area contributed by atoms with E-state index in [-0.39, 0.29) is 11.5 Å². The fourth-order valence-corrected chi connectivity index (χ4v) is 2.86. The molecule has 1 atom stereocenters. The third-order valence-electron chi connectivity index (χ3n) is 3.33. The fraction of sp³-hybridized carbons (Fsp3) is 0.545. The summed E-state index contributed by atoms with van der Waals surface area (Å²) in [7, 11) is 1.64. The van der Waals surface area contributed by atoms with Crippen LogP contribution in [0.1, 0.15) is 13.3 Å². The summed E-state index contributed by atoms with van der Waals surface area (Å²) < 4.78 is 0.566. The first-order valence-electron chi connectivity index (χ1n) is 5.68. The molecule has 2 rings (SSSR count). The number of halogens is 1. The molecule has 1 aromatic rings. The summed E-state index contributed by atoms with van der Waals surface area (Å²) in [4.78, 5) is 32.1. The van der Waals surface area contributed by atoms with E-state index < -0.39 is 5.41 Å². The van der Waals surface area contributed by atoms with Crippen molar-refractivity contribution in [1.29, 1.82) is 0 Å². The molecule has 0 bridgehead atoms. The van der Waals surface area contributed by atoms with Crippen molar-refractivity contribution < 1.29 is 4.79 Å². The molecule has 0 aromatic carbocycles. The van der Waals surface area contributed by atoms with Crippen LogP contribution in [0.5, 0.6) is 0 Å². The second-order valence-corrected chi connectivity index (χ2v) is 5.76. The second-order valence-electron chi connectivity index (χ2n) is 4.68. The molecule has 0 radical (unpaired) electrons. The molecule has 2 N–H and O–H groups in total. The zero-order chi connectivity index (χ0) is 13.3. The molecule has 6 nitrogen and oxygen atoms in total. The number of H-pyrrole nitrogens is 1. The number of carbonyl (C=O) groups is 1. The number of rotatable bonds is 2. The lowest BCUT2D eigenvalue weighted by Crippen LogP contribution is -2.39. The summed E-state index contributed by atoms with van der Waals surface area (Å²) in [5.41, 5.74) is -0.559. The Bertz CT molecular complexity index is 530. The van der Waals surface area contributed by atoms with Crippen LogP contribution in [0.25, 0.3) is 0 Å². The van der Waals surface area contributed by atoms with Crippen LogP contribution in [0.2, 0.25) is 0 Å². The van der Waals surface area contributed by atoms with E-state index in [0.717, 1.165) is 13.0 Å². The van der Waals surface area contributed by atoms with Gasteiger partial charge < -0.3 is 15.2 Å². The van der Waals surface area contributed by atoms with Gasteiger partial charge in [0.25, 0.3) is 5.56 Å². The number of aromatic amines is 1. The quantitative estimate of drug-likeness (QED) is 0.744. The Labute approximate surface area is 118 Å². The molecular weight excluding hydrogens is 347 g/mol. The van der Waals surface area contributed by atoms with Gasteiger partial charge in [0.1, 0.15) is 9.39 Å². The number of carbonyl (C=O) groups excluding carboxylic acids is 1. The van der Waals surface area contributed by atoms with Gasteiger partial charge in [-0.3, -0.25) is 9.59 Å². The molecule has 1 aromatic heterocycles. The molecule has 0 spiro atoms. The molecule has 1 amide bonds. The summed E-state index contributed by atoms with van der Waals surface area (Å²) in [5, 5.41) is 2.69. The van der Waals surface area contributed by atoms with Gasteiger partial charge in [0.2, 0.25) is 5.91 Å². The molecule has 1 saturated heterocycles. The molecule has 1 unspecified atom stereocenters. The van der Waals surface area contributed by atoms with E-state index in [1.54, 1.807) is 7.05 Å². The summed E-state index contributed by atoms with van der Waals surface area (Å²) in [5.74, 6) is 0.692. The Morgan fingerprint density at radius 3 is 3.06 bits per heavy atom. The van der Waals surface area contributed by atoms with Gasteiger partial charge in [0.15, 0.2) is 0 Å². The van der Waals surface area contributed by atoms with Crippen molar-refractivity contribution >= 4 is 34.3 Å². The number of nitrogens with one attached hydrogen (secondary N) is 2. The molecule has 7 heteroatoms. The number of anilines is 1. The Kier molecular flexibility index (Phi) is 3.60. The molecule has 0 aliphatic carbocycles. The number of amides is 1. The van der Waals surface area contributed by atoms with E-state index in [2.05, 4.69) is 15.3 Å². The number of hydrogen-bond acceptors (Lipinski definition) is 4. The average molecular weight is 362 g/mol. The van der Waals surface area contributed by atoms with Gasteiger partial charge in [-0.15, -0.1) is 0 Å². The van der Waals surface area contributed by atoms with Crippen LogP contribution in [-0.4, -0.2) is 36.0 Å². The Balaban J connectivity index is 2.26. The standard InChI is InChI=1S/C11H15IN4O2/c1-11(10(18)13-2)3-4-16(5-11)8-7(12)9(17)15-6-14-8/h6H,3-5H2,1-2H3,(H,13,18)(H,14,15,17). The lowest BCUT2D eigenvalue weighted by molar-refractivity contribution is -0.128. The van der Waals surface area contributed by atoms with Crippen molar-refractivity contribution in [3.63, 3.8) is 0 Å². The molecule has 1 aliphatic rings. The van der Waals surface area contributed by atoms with Gasteiger partial charge in [-0.05, 0) is 35.9 Å². The van der Waals surface area contributed by atoms with E-state index in [1.807, 2.05) is 34.4 Å². The van der Waals surface area contributed by atoms with Crippen molar-refractivity contribution in [2.24, 2.45) is 5.41 Å². The first kappa shape index (κ1) is 13.3. The third-order valence-corrected chi connectivity index (χ3v) is 4.30. The minimum absolute atomic E-state index is 0.0323. The minimum Gasteiger partial charge on any atom is -0.359 e. The van der Waals surface area contributed by atoms with Crippen LogP contribution in [-0.2, 0) is 4.79 Å². The maximum absolute atomic E-state index is 11.8. The summed E-state index contributed by atoms with van der Waals surface area (Å²) in [6.07, 6.45) is 2.16. The minimum atomic E-state index is -0.415. The predicted octanol–water partition coefficient (Wildman–Crippen LogP) is 0.337. The largest absolute Gasteiger partial charge is 0.359 e. The number of nitrogens with zero attached hydrogens (tertiary/aromatic N) is 2. The topological polar surface area (TPSA) is 78.1 Å². The van der Waals surface area contributed by atoms with Crippen LogP contribution < -0.4 is 15.8 Å². The van der Waals surface area contributed by atoms with Gasteiger partial charge in [0.05, 0.1) is 11.7 Å². The van der Waals surface area contributed by atoms with Crippen LogP contribution in [0.4, 0.5) is 5.82 Å². The Morgan fingerprint density at radius 1 is 1.67 bits per heavy atom. The summed E-state index contributed by atoms with van der Waals surface area (Å²) in [6.45, 7) is 3.25. The predicted molar refractivity (Wildman–Crippen MR) is 76.6 cm³/mol. The highest BCUT2D eigenvalue weighted by atomic mass is 127. The van der Waals surface area contributed by atoms with Crippen molar-refractivity contribution in [3.8, 4) is 0 Å². The van der Waals surface area contributed by atoms with Gasteiger partial charge in [-0.1, -0.05) is 0 Å². The highest BCUT2D eigenvalue weighted by Gasteiger charge is 2.40. The first-order chi connectivity index (χ1) is 8.48. The molecular formula is C11H15IN4O2. The molecule has 1 fully saturated rings. The van der Waals surface area contributed by atoms with Crippen molar-refractivity contribution in [1.82, 2.24) is 15.3 Å². The van der Waals surface area contributed by atoms with E-state index >= 15 is 0 Å². The smallest absolute Gasteiger partial charge is 0.266 e. The molecule has 1 aliphatic heterocycles. The Hall–Kier alpha value is -1.12. The van der Waals surface area contributed by atoms with Gasteiger partial charge in [-0.2, -0.15) is 0 Å². The van der Waals surface area contributed by atoms with Crippen LogP contribution in [0.15, 0.2) is 11.1 Å². The third kappa shape index (κ3) is 2.23. The highest BCUT2D eigenvalue weighted by Crippen LogP contribution is 2.33. The zero-order valence-corrected chi connectivity index (χ0v) is 12.4. The van der Waals surface area contributed by atoms with Crippen molar-refractivity contribution in [3.05, 3.63) is 20.3 Å². The SMILES string of the molecule is CNC(=O)C1(C)CCN(c2nc[nH]c(=O)c2I)C1. The zero-order valence-electron chi connectivity index (χ0n) is 10.3. The molecule has 0 saturated carbocycles. The van der Waals surface area contributed by atoms with Crippen LogP contribution in [0.3, 0.4) is 0 Å². The monoisotopic (exact) mass is 362 g/mol. The number of aromatic nitrogens is 2. The van der Waals surface area contributed by atoms with Crippen LogP contribution >= 0.6 is 22.6 Å². The van der Waals surface area contributed by atoms with E-state index in [1.165, 1.54) is 6.33 Å². The average Bonchev–Trinajstić information content (AvgIpc) is 2.75. The fourth-order valence-electron chi connectivity index (χ4n) is 2.22. The summed E-state index contributed by atoms with van der Waals surface area (Å²) in [6, 6.07) is 0. The lowest BCUT2D eigenvalue weighted by Gasteiger charge is -2.23. The van der Waals surface area contributed by atoms with Crippen molar-refractivity contribution in [2.45, 2.75) is 13.3 Å². The first-order valence-corrected chi connectivity index (χ1v) is 6.76. The molecule has 2 heterocycles.